The minimum atomic E-state index is -0.217. The molecule has 2 N–H and O–H groups in total. The van der Waals surface area contributed by atoms with Gasteiger partial charge in [-0.3, -0.25) is 4.79 Å². The summed E-state index contributed by atoms with van der Waals surface area (Å²) in [6.07, 6.45) is 4.04. The number of nitrogens with one attached hydrogen (secondary N) is 2. The molecule has 4 heteroatoms. The Morgan fingerprint density at radius 2 is 1.76 bits per heavy atom. The van der Waals surface area contributed by atoms with Crippen molar-refractivity contribution in [2.45, 2.75) is 25.8 Å². The average molecular weight is 335 g/mol. The highest BCUT2D eigenvalue weighted by Crippen LogP contribution is 2.20. The van der Waals surface area contributed by atoms with E-state index in [0.29, 0.717) is 5.76 Å². The number of carbonyl (C=O) groups excluding carboxylic acids is 1. The predicted octanol–water partition coefficient (Wildman–Crippen LogP) is 3.25. The van der Waals surface area contributed by atoms with Crippen LogP contribution in [-0.4, -0.2) is 19.0 Å². The molecule has 1 aliphatic rings. The number of fused-ring (bicyclic) bond motifs is 1. The number of quaternary nitrogens is 1. The second kappa shape index (κ2) is 7.11. The molecule has 1 saturated heterocycles. The van der Waals surface area contributed by atoms with Gasteiger partial charge in [-0.25, -0.2) is 0 Å². The lowest BCUT2D eigenvalue weighted by Gasteiger charge is -2.23. The van der Waals surface area contributed by atoms with E-state index in [2.05, 4.69) is 17.4 Å². The smallest absolute Gasteiger partial charge is 0.291 e. The van der Waals surface area contributed by atoms with E-state index in [1.165, 1.54) is 37.9 Å². The second-order valence-electron chi connectivity index (χ2n) is 6.79. The summed E-state index contributed by atoms with van der Waals surface area (Å²) in [6, 6.07) is 17.6. The molecule has 3 aromatic rings. The Morgan fingerprint density at radius 1 is 1.00 bits per heavy atom. The fourth-order valence-corrected chi connectivity index (χ4v) is 3.51. The Bertz CT molecular complexity index is 828. The summed E-state index contributed by atoms with van der Waals surface area (Å²) in [5.41, 5.74) is 2.84. The number of furan rings is 1. The van der Waals surface area contributed by atoms with E-state index in [4.69, 9.17) is 4.42 Å². The van der Waals surface area contributed by atoms with Crippen molar-refractivity contribution in [3.8, 4) is 0 Å². The molecule has 128 valence electrons. The van der Waals surface area contributed by atoms with Crippen LogP contribution in [0.4, 0.5) is 5.69 Å². The largest absolute Gasteiger partial charge is 0.451 e. The fourth-order valence-electron chi connectivity index (χ4n) is 3.51. The lowest BCUT2D eigenvalue weighted by atomic mass is 10.1. The van der Waals surface area contributed by atoms with Crippen molar-refractivity contribution in [2.75, 3.05) is 18.4 Å². The molecule has 0 atom stereocenters. The molecule has 0 spiro atoms. The SMILES string of the molecule is O=C(Nc1ccc(C[NH+]2CCCCC2)cc1)c1cc2ccccc2o1. The Morgan fingerprint density at radius 3 is 2.52 bits per heavy atom. The average Bonchev–Trinajstić information content (AvgIpc) is 3.09. The highest BCUT2D eigenvalue weighted by atomic mass is 16.3. The number of likely N-dealkylation sites (tertiary alicyclic amines) is 1. The van der Waals surface area contributed by atoms with Crippen LogP contribution in [0.5, 0.6) is 0 Å². The van der Waals surface area contributed by atoms with Gasteiger partial charge in [-0.2, -0.15) is 0 Å². The predicted molar refractivity (Wildman–Crippen MR) is 98.9 cm³/mol. The zero-order chi connectivity index (χ0) is 17.1. The van der Waals surface area contributed by atoms with Gasteiger partial charge < -0.3 is 14.6 Å². The summed E-state index contributed by atoms with van der Waals surface area (Å²) in [7, 11) is 0. The van der Waals surface area contributed by atoms with Gasteiger partial charge in [0.25, 0.3) is 5.91 Å². The third-order valence-corrected chi connectivity index (χ3v) is 4.88. The molecule has 0 bridgehead atoms. The normalized spacial score (nSPS) is 15.4. The molecule has 1 amide bonds. The topological polar surface area (TPSA) is 46.7 Å². The van der Waals surface area contributed by atoms with Gasteiger partial charge in [0, 0.05) is 16.6 Å². The second-order valence-corrected chi connectivity index (χ2v) is 6.79. The summed E-state index contributed by atoms with van der Waals surface area (Å²) < 4.78 is 5.61. The van der Waals surface area contributed by atoms with Crippen molar-refractivity contribution in [2.24, 2.45) is 0 Å². The first kappa shape index (κ1) is 15.9. The van der Waals surface area contributed by atoms with E-state index in [9.17, 15) is 4.79 Å². The highest BCUT2D eigenvalue weighted by Gasteiger charge is 2.15. The number of rotatable bonds is 4. The van der Waals surface area contributed by atoms with Crippen molar-refractivity contribution in [3.63, 3.8) is 0 Å². The quantitative estimate of drug-likeness (QED) is 0.769. The lowest BCUT2D eigenvalue weighted by molar-refractivity contribution is -0.918. The van der Waals surface area contributed by atoms with E-state index in [1.54, 1.807) is 11.0 Å². The lowest BCUT2D eigenvalue weighted by Crippen LogP contribution is -3.11. The van der Waals surface area contributed by atoms with E-state index < -0.39 is 0 Å². The van der Waals surface area contributed by atoms with E-state index >= 15 is 0 Å². The van der Waals surface area contributed by atoms with Crippen LogP contribution in [0.15, 0.2) is 59.0 Å². The van der Waals surface area contributed by atoms with Gasteiger partial charge in [0.1, 0.15) is 12.1 Å². The van der Waals surface area contributed by atoms with Gasteiger partial charge in [-0.1, -0.05) is 30.3 Å². The van der Waals surface area contributed by atoms with E-state index in [1.807, 2.05) is 36.4 Å². The maximum Gasteiger partial charge on any atom is 0.291 e. The highest BCUT2D eigenvalue weighted by molar-refractivity contribution is 6.04. The molecule has 0 aliphatic carbocycles. The Labute approximate surface area is 147 Å². The number of carbonyl (C=O) groups is 1. The van der Waals surface area contributed by atoms with Crippen molar-refractivity contribution in [1.29, 1.82) is 0 Å². The molecule has 1 fully saturated rings. The minimum Gasteiger partial charge on any atom is -0.451 e. The zero-order valence-electron chi connectivity index (χ0n) is 14.3. The fraction of sp³-hybridized carbons (Fsp3) is 0.286. The molecule has 0 unspecified atom stereocenters. The molecule has 2 heterocycles. The first-order valence-corrected chi connectivity index (χ1v) is 9.00. The number of benzene rings is 2. The molecule has 0 saturated carbocycles. The molecular formula is C21H23N2O2+. The van der Waals surface area contributed by atoms with Gasteiger partial charge in [0.2, 0.25) is 0 Å². The first-order chi connectivity index (χ1) is 12.3. The Balaban J connectivity index is 1.40. The third-order valence-electron chi connectivity index (χ3n) is 4.88. The Kier molecular flexibility index (Phi) is 4.53. The van der Waals surface area contributed by atoms with Gasteiger partial charge >= 0.3 is 0 Å². The first-order valence-electron chi connectivity index (χ1n) is 9.00. The maximum atomic E-state index is 12.4. The number of amides is 1. The van der Waals surface area contributed by atoms with Gasteiger partial charge in [0.05, 0.1) is 13.1 Å². The van der Waals surface area contributed by atoms with Crippen LogP contribution in [-0.2, 0) is 6.54 Å². The van der Waals surface area contributed by atoms with Crippen LogP contribution in [0.3, 0.4) is 0 Å². The summed E-state index contributed by atoms with van der Waals surface area (Å²) in [5.74, 6) is 0.119. The van der Waals surface area contributed by atoms with Crippen LogP contribution < -0.4 is 10.2 Å². The number of hydrogen-bond donors (Lipinski definition) is 2. The number of piperidine rings is 1. The summed E-state index contributed by atoms with van der Waals surface area (Å²) in [4.78, 5) is 14.0. The van der Waals surface area contributed by atoms with Crippen molar-refractivity contribution in [3.05, 3.63) is 65.9 Å². The standard InChI is InChI=1S/C21H22N2O2/c24-21(20-14-17-6-2-3-7-19(17)25-20)22-18-10-8-16(9-11-18)15-23-12-4-1-5-13-23/h2-3,6-11,14H,1,4-5,12-13,15H2,(H,22,24)/p+1. The van der Waals surface area contributed by atoms with E-state index in [0.717, 1.165) is 23.2 Å². The number of hydrogen-bond acceptors (Lipinski definition) is 2. The third kappa shape index (κ3) is 3.74. The molecule has 25 heavy (non-hydrogen) atoms. The van der Waals surface area contributed by atoms with Gasteiger partial charge in [-0.05, 0) is 43.5 Å². The van der Waals surface area contributed by atoms with Gasteiger partial charge in [0.15, 0.2) is 5.76 Å². The Hall–Kier alpha value is -2.59. The van der Waals surface area contributed by atoms with Crippen LogP contribution in [0.25, 0.3) is 11.0 Å². The van der Waals surface area contributed by atoms with Crippen molar-refractivity contribution >= 4 is 22.6 Å². The van der Waals surface area contributed by atoms with Crippen molar-refractivity contribution in [1.82, 2.24) is 0 Å². The summed E-state index contributed by atoms with van der Waals surface area (Å²) >= 11 is 0. The molecule has 0 radical (unpaired) electrons. The number of para-hydroxylation sites is 1. The molecule has 2 aromatic carbocycles. The molecule has 1 aromatic heterocycles. The van der Waals surface area contributed by atoms with Gasteiger partial charge in [-0.15, -0.1) is 0 Å². The zero-order valence-corrected chi connectivity index (χ0v) is 14.3. The van der Waals surface area contributed by atoms with Crippen molar-refractivity contribution < 1.29 is 14.1 Å². The molecule has 4 nitrogen and oxygen atoms in total. The maximum absolute atomic E-state index is 12.4. The summed E-state index contributed by atoms with van der Waals surface area (Å²) in [6.45, 7) is 3.60. The van der Waals surface area contributed by atoms with Crippen LogP contribution in [0.1, 0.15) is 35.4 Å². The molecule has 1 aliphatic heterocycles. The monoisotopic (exact) mass is 335 g/mol. The van der Waals surface area contributed by atoms with Crippen LogP contribution in [0, 0.1) is 0 Å². The van der Waals surface area contributed by atoms with E-state index in [-0.39, 0.29) is 5.91 Å². The molecule has 4 rings (SSSR count). The summed E-state index contributed by atoms with van der Waals surface area (Å²) in [5, 5.41) is 3.85. The van der Waals surface area contributed by atoms with Crippen LogP contribution >= 0.6 is 0 Å². The molecular weight excluding hydrogens is 312 g/mol. The number of anilines is 1. The van der Waals surface area contributed by atoms with Crippen LogP contribution in [0.2, 0.25) is 0 Å². The minimum absolute atomic E-state index is 0.217.